The number of nitrogens with one attached hydrogen (secondary N) is 1. The Kier molecular flexibility index (Phi) is 5.25. The van der Waals surface area contributed by atoms with Crippen molar-refractivity contribution in [3.8, 4) is 0 Å². The Labute approximate surface area is 104 Å². The fraction of sp³-hybridized carbons (Fsp3) is 0.923. The maximum atomic E-state index is 11.7. The molecule has 1 aliphatic carbocycles. The van der Waals surface area contributed by atoms with E-state index in [0.717, 1.165) is 25.7 Å². The third kappa shape index (κ3) is 5.91. The Balaban J connectivity index is 2.43. The number of alkyl carbamates (subject to hydrolysis) is 1. The highest BCUT2D eigenvalue weighted by molar-refractivity contribution is 5.68. The predicted molar refractivity (Wildman–Crippen MR) is 68.8 cm³/mol. The number of hydrogen-bond donors (Lipinski definition) is 2. The van der Waals surface area contributed by atoms with Crippen LogP contribution in [0.4, 0.5) is 4.79 Å². The number of rotatable bonds is 1. The Bertz CT molecular complexity index is 248. The topological polar surface area (TPSA) is 64.3 Å². The number of amides is 1. The minimum absolute atomic E-state index is 0.0582. The lowest BCUT2D eigenvalue weighted by Crippen LogP contribution is -2.49. The van der Waals surface area contributed by atoms with Gasteiger partial charge in [0.1, 0.15) is 5.60 Å². The van der Waals surface area contributed by atoms with Crippen molar-refractivity contribution < 1.29 is 9.53 Å². The standard InChI is InChI=1S/C13H26N2O2/c1-13(2,3)17-12(16)15-11-9-7-5-4-6-8-10(11)14/h10-11H,4-9,14H2,1-3H3,(H,15,16)/t10-,11?/m1/s1. The molecule has 1 amide bonds. The van der Waals surface area contributed by atoms with Crippen molar-refractivity contribution in [2.45, 2.75) is 77.0 Å². The largest absolute Gasteiger partial charge is 0.444 e. The van der Waals surface area contributed by atoms with E-state index in [2.05, 4.69) is 5.32 Å². The summed E-state index contributed by atoms with van der Waals surface area (Å²) in [6.07, 6.45) is 6.38. The van der Waals surface area contributed by atoms with Crippen LogP contribution in [0.2, 0.25) is 0 Å². The summed E-state index contributed by atoms with van der Waals surface area (Å²) in [6, 6.07) is 0.118. The van der Waals surface area contributed by atoms with E-state index in [4.69, 9.17) is 10.5 Å². The Morgan fingerprint density at radius 2 is 1.76 bits per heavy atom. The van der Waals surface area contributed by atoms with Crippen LogP contribution in [-0.2, 0) is 4.74 Å². The summed E-state index contributed by atoms with van der Waals surface area (Å²) < 4.78 is 5.26. The molecular formula is C13H26N2O2. The number of nitrogens with two attached hydrogens (primary N) is 1. The molecule has 0 aromatic carbocycles. The second-order valence-corrected chi connectivity index (χ2v) is 5.91. The van der Waals surface area contributed by atoms with Gasteiger partial charge in [-0.3, -0.25) is 0 Å². The van der Waals surface area contributed by atoms with Crippen LogP contribution in [0.25, 0.3) is 0 Å². The molecule has 0 spiro atoms. The molecule has 0 aromatic heterocycles. The highest BCUT2D eigenvalue weighted by Gasteiger charge is 2.24. The third-order valence-corrected chi connectivity index (χ3v) is 3.02. The van der Waals surface area contributed by atoms with Crippen LogP contribution in [0.1, 0.15) is 59.3 Å². The van der Waals surface area contributed by atoms with Crippen molar-refractivity contribution >= 4 is 6.09 Å². The van der Waals surface area contributed by atoms with Crippen LogP contribution in [0.15, 0.2) is 0 Å². The molecule has 0 heterocycles. The zero-order valence-corrected chi connectivity index (χ0v) is 11.3. The molecule has 0 bridgehead atoms. The normalized spacial score (nSPS) is 26.8. The fourth-order valence-electron chi connectivity index (χ4n) is 2.15. The van der Waals surface area contributed by atoms with Gasteiger partial charge in [-0.2, -0.15) is 0 Å². The van der Waals surface area contributed by atoms with Crippen molar-refractivity contribution in [3.05, 3.63) is 0 Å². The molecule has 0 radical (unpaired) electrons. The van der Waals surface area contributed by atoms with Gasteiger partial charge in [-0.15, -0.1) is 0 Å². The molecule has 1 aliphatic rings. The van der Waals surface area contributed by atoms with E-state index in [0.29, 0.717) is 0 Å². The van der Waals surface area contributed by atoms with Gasteiger partial charge in [0.25, 0.3) is 0 Å². The lowest BCUT2D eigenvalue weighted by atomic mass is 9.93. The quantitative estimate of drug-likeness (QED) is 0.742. The van der Waals surface area contributed by atoms with Gasteiger partial charge in [0.05, 0.1) is 0 Å². The molecule has 3 N–H and O–H groups in total. The number of hydrogen-bond acceptors (Lipinski definition) is 3. The summed E-state index contributed by atoms with van der Waals surface area (Å²) in [7, 11) is 0. The molecule has 4 heteroatoms. The van der Waals surface area contributed by atoms with Crippen molar-refractivity contribution in [1.82, 2.24) is 5.32 Å². The number of carbonyl (C=O) groups excluding carboxylic acids is 1. The molecule has 1 fully saturated rings. The zero-order chi connectivity index (χ0) is 12.9. The number of carbonyl (C=O) groups is 1. The van der Waals surface area contributed by atoms with E-state index in [1.165, 1.54) is 12.8 Å². The molecule has 17 heavy (non-hydrogen) atoms. The van der Waals surface area contributed by atoms with Crippen LogP contribution in [0.3, 0.4) is 0 Å². The Morgan fingerprint density at radius 1 is 1.18 bits per heavy atom. The predicted octanol–water partition coefficient (Wildman–Crippen LogP) is 2.56. The van der Waals surface area contributed by atoms with Gasteiger partial charge in [-0.25, -0.2) is 4.79 Å². The zero-order valence-electron chi connectivity index (χ0n) is 11.3. The van der Waals surface area contributed by atoms with Gasteiger partial charge in [-0.05, 0) is 33.6 Å². The van der Waals surface area contributed by atoms with E-state index in [1.807, 2.05) is 20.8 Å². The van der Waals surface area contributed by atoms with Crippen molar-refractivity contribution in [3.63, 3.8) is 0 Å². The van der Waals surface area contributed by atoms with Crippen LogP contribution in [0.5, 0.6) is 0 Å². The molecule has 0 aliphatic heterocycles. The van der Waals surface area contributed by atoms with E-state index in [9.17, 15) is 4.79 Å². The summed E-state index contributed by atoms with van der Waals surface area (Å²) in [6.45, 7) is 5.60. The summed E-state index contributed by atoms with van der Waals surface area (Å²) in [4.78, 5) is 11.7. The minimum Gasteiger partial charge on any atom is -0.444 e. The summed E-state index contributed by atoms with van der Waals surface area (Å²) >= 11 is 0. The molecular weight excluding hydrogens is 216 g/mol. The number of ether oxygens (including phenoxy) is 1. The first-order valence-corrected chi connectivity index (χ1v) is 6.63. The Hall–Kier alpha value is -0.770. The lowest BCUT2D eigenvalue weighted by Gasteiger charge is -2.28. The summed E-state index contributed by atoms with van der Waals surface area (Å²) in [5.41, 5.74) is 5.64. The van der Waals surface area contributed by atoms with Crippen molar-refractivity contribution in [1.29, 1.82) is 0 Å². The fourth-order valence-corrected chi connectivity index (χ4v) is 2.15. The first kappa shape index (κ1) is 14.3. The summed E-state index contributed by atoms with van der Waals surface area (Å²) in [5, 5.41) is 2.91. The first-order valence-electron chi connectivity index (χ1n) is 6.63. The van der Waals surface area contributed by atoms with Gasteiger partial charge in [-0.1, -0.05) is 25.7 Å². The van der Waals surface area contributed by atoms with Crippen molar-refractivity contribution in [2.75, 3.05) is 0 Å². The molecule has 0 saturated heterocycles. The van der Waals surface area contributed by atoms with E-state index in [1.54, 1.807) is 0 Å². The molecule has 4 nitrogen and oxygen atoms in total. The molecule has 1 rings (SSSR count). The van der Waals surface area contributed by atoms with Gasteiger partial charge >= 0.3 is 6.09 Å². The third-order valence-electron chi connectivity index (χ3n) is 3.02. The maximum absolute atomic E-state index is 11.7. The molecule has 1 saturated carbocycles. The minimum atomic E-state index is -0.449. The SMILES string of the molecule is CC(C)(C)OC(=O)NC1CCCCCC[C@H]1N. The smallest absolute Gasteiger partial charge is 0.407 e. The van der Waals surface area contributed by atoms with Gasteiger partial charge in [0, 0.05) is 12.1 Å². The summed E-state index contributed by atoms with van der Waals surface area (Å²) in [5.74, 6) is 0. The average Bonchev–Trinajstić information content (AvgIpc) is 2.15. The molecule has 100 valence electrons. The van der Waals surface area contributed by atoms with Gasteiger partial charge in [0.2, 0.25) is 0 Å². The average molecular weight is 242 g/mol. The van der Waals surface area contributed by atoms with Crippen molar-refractivity contribution in [2.24, 2.45) is 5.73 Å². The highest BCUT2D eigenvalue weighted by Crippen LogP contribution is 2.17. The van der Waals surface area contributed by atoms with Crippen LogP contribution < -0.4 is 11.1 Å². The van der Waals surface area contributed by atoms with E-state index >= 15 is 0 Å². The maximum Gasteiger partial charge on any atom is 0.407 e. The van der Waals surface area contributed by atoms with Crippen LogP contribution in [0, 0.1) is 0 Å². The highest BCUT2D eigenvalue weighted by atomic mass is 16.6. The molecule has 1 unspecified atom stereocenters. The van der Waals surface area contributed by atoms with Gasteiger partial charge in [0.15, 0.2) is 0 Å². The molecule has 0 aromatic rings. The second kappa shape index (κ2) is 6.24. The second-order valence-electron chi connectivity index (χ2n) is 5.91. The van der Waals surface area contributed by atoms with Crippen LogP contribution >= 0.6 is 0 Å². The van der Waals surface area contributed by atoms with Gasteiger partial charge < -0.3 is 15.8 Å². The Morgan fingerprint density at radius 3 is 2.35 bits per heavy atom. The van der Waals surface area contributed by atoms with Crippen LogP contribution in [-0.4, -0.2) is 23.8 Å². The lowest BCUT2D eigenvalue weighted by molar-refractivity contribution is 0.0490. The first-order chi connectivity index (χ1) is 7.88. The molecule has 2 atom stereocenters. The van der Waals surface area contributed by atoms with E-state index in [-0.39, 0.29) is 18.2 Å². The van der Waals surface area contributed by atoms with E-state index < -0.39 is 5.60 Å². The monoisotopic (exact) mass is 242 g/mol.